The summed E-state index contributed by atoms with van der Waals surface area (Å²) in [6.07, 6.45) is 2.02. The highest BCUT2D eigenvalue weighted by atomic mass is 127. The van der Waals surface area contributed by atoms with E-state index in [0.717, 1.165) is 10.2 Å². The van der Waals surface area contributed by atoms with E-state index in [1.165, 1.54) is 3.57 Å². The van der Waals surface area contributed by atoms with Crippen molar-refractivity contribution in [3.63, 3.8) is 0 Å². The average molecular weight is 359 g/mol. The van der Waals surface area contributed by atoms with Crippen molar-refractivity contribution in [3.05, 3.63) is 26.2 Å². The molecule has 4 heteroatoms. The van der Waals surface area contributed by atoms with Gasteiger partial charge in [0, 0.05) is 8.04 Å². The summed E-state index contributed by atoms with van der Waals surface area (Å²) in [6.45, 7) is 0. The molecule has 0 fully saturated rings. The molecule has 0 aliphatic heterocycles. The molecule has 0 amide bonds. The summed E-state index contributed by atoms with van der Waals surface area (Å²) >= 11 is 7.38. The summed E-state index contributed by atoms with van der Waals surface area (Å²) in [5.41, 5.74) is 0. The van der Waals surface area contributed by atoms with Crippen molar-refractivity contribution in [1.29, 1.82) is 0 Å². The van der Waals surface area contributed by atoms with E-state index in [-0.39, 0.29) is 0 Å². The first-order valence-corrected chi connectivity index (χ1v) is 6.57. The fraction of sp³-hybridized carbons (Fsp3) is 0.250. The van der Waals surface area contributed by atoms with Crippen molar-refractivity contribution in [2.45, 2.75) is 0 Å². The number of halogens is 2. The van der Waals surface area contributed by atoms with Crippen LogP contribution in [0.5, 0.6) is 5.75 Å². The lowest BCUT2D eigenvalue weighted by Gasteiger charge is -2.04. The smallest absolute Gasteiger partial charge is 0.133 e. The van der Waals surface area contributed by atoms with E-state index in [2.05, 4.69) is 38.5 Å². The Hall–Kier alpha value is 0.580. The molecule has 0 spiro atoms. The Bertz CT molecular complexity index is 267. The van der Waals surface area contributed by atoms with Crippen molar-refractivity contribution in [2.24, 2.45) is 0 Å². The molecule has 1 aromatic rings. The Kier molecular flexibility index (Phi) is 4.74. The zero-order valence-corrected chi connectivity index (χ0v) is 11.1. The first-order valence-electron chi connectivity index (χ1n) is 3.31. The van der Waals surface area contributed by atoms with Gasteiger partial charge >= 0.3 is 0 Å². The van der Waals surface area contributed by atoms with Gasteiger partial charge in [-0.15, -0.1) is 11.8 Å². The maximum Gasteiger partial charge on any atom is 0.133 e. The van der Waals surface area contributed by atoms with Gasteiger partial charge in [0.25, 0.3) is 0 Å². The van der Waals surface area contributed by atoms with Gasteiger partial charge in [-0.25, -0.2) is 0 Å². The van der Waals surface area contributed by atoms with Crippen LogP contribution in [-0.2, 0) is 0 Å². The van der Waals surface area contributed by atoms with E-state index in [1.807, 2.05) is 24.5 Å². The molecule has 0 unspecified atom stereocenters. The fourth-order valence-electron chi connectivity index (χ4n) is 0.694. The second kappa shape index (κ2) is 5.34. The van der Waals surface area contributed by atoms with Crippen LogP contribution in [0, 0.1) is 3.57 Å². The first kappa shape index (κ1) is 10.7. The molecular weight excluding hydrogens is 351 g/mol. The number of hydrogen-bond acceptors (Lipinski definition) is 2. The fourth-order valence-corrected chi connectivity index (χ4v) is 1.64. The van der Waals surface area contributed by atoms with Gasteiger partial charge in [-0.05, 0) is 63.0 Å². The quantitative estimate of drug-likeness (QED) is 0.601. The summed E-state index contributed by atoms with van der Waals surface area (Å²) < 4.78 is 7.70. The molecule has 0 aliphatic rings. The van der Waals surface area contributed by atoms with Crippen LogP contribution < -0.4 is 4.74 Å². The van der Waals surface area contributed by atoms with E-state index in [4.69, 9.17) is 4.74 Å². The lowest BCUT2D eigenvalue weighted by molar-refractivity contribution is 0.393. The van der Waals surface area contributed by atoms with Gasteiger partial charge in [-0.3, -0.25) is 0 Å². The van der Waals surface area contributed by atoms with Gasteiger partial charge in [0.05, 0.1) is 0 Å². The van der Waals surface area contributed by atoms with Crippen LogP contribution in [0.1, 0.15) is 0 Å². The summed E-state index contributed by atoms with van der Waals surface area (Å²) in [4.78, 5) is 0. The summed E-state index contributed by atoms with van der Waals surface area (Å²) in [5, 5.41) is 0. The molecule has 0 atom stereocenters. The van der Waals surface area contributed by atoms with Crippen LogP contribution >= 0.6 is 50.3 Å². The standard InChI is InChI=1S/C8H8BrIOS/c1-12-5-11-6-2-3-8(10)7(9)4-6/h2-4H,5H2,1H3. The highest BCUT2D eigenvalue weighted by Gasteiger charge is 1.98. The molecular formula is C8H8BrIOS. The second-order valence-electron chi connectivity index (χ2n) is 2.13. The molecule has 0 radical (unpaired) electrons. The number of benzene rings is 1. The van der Waals surface area contributed by atoms with Crippen molar-refractivity contribution >= 4 is 50.3 Å². The number of hydrogen-bond donors (Lipinski definition) is 0. The van der Waals surface area contributed by atoms with Crippen LogP contribution in [0.25, 0.3) is 0 Å². The molecule has 0 bridgehead atoms. The van der Waals surface area contributed by atoms with Gasteiger partial charge in [-0.2, -0.15) is 0 Å². The van der Waals surface area contributed by atoms with E-state index >= 15 is 0 Å². The minimum Gasteiger partial charge on any atom is -0.483 e. The monoisotopic (exact) mass is 358 g/mol. The normalized spacial score (nSPS) is 9.92. The summed E-state index contributed by atoms with van der Waals surface area (Å²) in [5.74, 6) is 1.61. The van der Waals surface area contributed by atoms with Gasteiger partial charge in [0.1, 0.15) is 11.7 Å². The lowest BCUT2D eigenvalue weighted by atomic mass is 10.3. The van der Waals surface area contributed by atoms with E-state index in [0.29, 0.717) is 5.94 Å². The SMILES string of the molecule is CSCOc1ccc(I)c(Br)c1. The molecule has 66 valence electrons. The highest BCUT2D eigenvalue weighted by molar-refractivity contribution is 14.1. The predicted molar refractivity (Wildman–Crippen MR) is 65.9 cm³/mol. The van der Waals surface area contributed by atoms with Crippen molar-refractivity contribution in [2.75, 3.05) is 12.2 Å². The zero-order chi connectivity index (χ0) is 8.97. The van der Waals surface area contributed by atoms with Crippen LogP contribution in [0.3, 0.4) is 0 Å². The molecule has 1 nitrogen and oxygen atoms in total. The van der Waals surface area contributed by atoms with Crippen molar-refractivity contribution < 1.29 is 4.74 Å². The molecule has 0 saturated carbocycles. The largest absolute Gasteiger partial charge is 0.483 e. The summed E-state index contributed by atoms with van der Waals surface area (Å²) in [7, 11) is 0. The molecule has 0 saturated heterocycles. The molecule has 0 aromatic heterocycles. The predicted octanol–water partition coefficient (Wildman–Crippen LogP) is 3.75. The Balaban J connectivity index is 2.69. The minimum absolute atomic E-state index is 0.701. The number of thioether (sulfide) groups is 1. The van der Waals surface area contributed by atoms with Gasteiger partial charge in [-0.1, -0.05) is 0 Å². The average Bonchev–Trinajstić information content (AvgIpc) is 2.07. The first-order chi connectivity index (χ1) is 5.74. The van der Waals surface area contributed by atoms with Gasteiger partial charge in [0.2, 0.25) is 0 Å². The number of ether oxygens (including phenoxy) is 1. The second-order valence-corrected chi connectivity index (χ2v) is 4.96. The third kappa shape index (κ3) is 3.14. The van der Waals surface area contributed by atoms with E-state index in [9.17, 15) is 0 Å². The Morgan fingerprint density at radius 3 is 2.92 bits per heavy atom. The zero-order valence-electron chi connectivity index (χ0n) is 6.51. The molecule has 0 N–H and O–H groups in total. The summed E-state index contributed by atoms with van der Waals surface area (Å²) in [6, 6.07) is 5.99. The number of rotatable bonds is 3. The lowest BCUT2D eigenvalue weighted by Crippen LogP contribution is -1.91. The van der Waals surface area contributed by atoms with Crippen molar-refractivity contribution in [1.82, 2.24) is 0 Å². The molecule has 1 rings (SSSR count). The van der Waals surface area contributed by atoms with Gasteiger partial charge in [0.15, 0.2) is 0 Å². The third-order valence-corrected chi connectivity index (χ3v) is 3.93. The van der Waals surface area contributed by atoms with Crippen LogP contribution in [0.4, 0.5) is 0 Å². The van der Waals surface area contributed by atoms with Crippen LogP contribution in [-0.4, -0.2) is 12.2 Å². The Morgan fingerprint density at radius 1 is 1.58 bits per heavy atom. The molecule has 12 heavy (non-hydrogen) atoms. The van der Waals surface area contributed by atoms with Crippen LogP contribution in [0.15, 0.2) is 22.7 Å². The Labute approximate surface area is 98.5 Å². The minimum atomic E-state index is 0.701. The third-order valence-electron chi connectivity index (χ3n) is 1.23. The van der Waals surface area contributed by atoms with E-state index in [1.54, 1.807) is 11.8 Å². The highest BCUT2D eigenvalue weighted by Crippen LogP contribution is 2.24. The molecule has 0 heterocycles. The maximum atomic E-state index is 5.42. The molecule has 0 aliphatic carbocycles. The maximum absolute atomic E-state index is 5.42. The Morgan fingerprint density at radius 2 is 2.33 bits per heavy atom. The van der Waals surface area contributed by atoms with Gasteiger partial charge < -0.3 is 4.74 Å². The molecule has 1 aromatic carbocycles. The van der Waals surface area contributed by atoms with Crippen LogP contribution in [0.2, 0.25) is 0 Å². The topological polar surface area (TPSA) is 9.23 Å². The van der Waals surface area contributed by atoms with Crippen molar-refractivity contribution in [3.8, 4) is 5.75 Å². The van der Waals surface area contributed by atoms with E-state index < -0.39 is 0 Å².